The van der Waals surface area contributed by atoms with E-state index in [2.05, 4.69) is 5.32 Å². The summed E-state index contributed by atoms with van der Waals surface area (Å²) in [6.45, 7) is 1.15. The minimum atomic E-state index is -3.68. The number of nitrogens with zero attached hydrogens (tertiary/aromatic N) is 1. The minimum absolute atomic E-state index is 0.00626. The average Bonchev–Trinajstić information content (AvgIpc) is 2.79. The van der Waals surface area contributed by atoms with Gasteiger partial charge in [-0.2, -0.15) is 0 Å². The zero-order valence-electron chi connectivity index (χ0n) is 17.9. The third kappa shape index (κ3) is 5.95. The summed E-state index contributed by atoms with van der Waals surface area (Å²) in [6.07, 6.45) is 0. The molecule has 1 amide bonds. The molecule has 1 N–H and O–H groups in total. The van der Waals surface area contributed by atoms with Crippen molar-refractivity contribution in [3.63, 3.8) is 0 Å². The molecule has 0 bridgehead atoms. The molecule has 8 heteroatoms. The topological polar surface area (TPSA) is 75.7 Å². The Morgan fingerprint density at radius 3 is 2.28 bits per heavy atom. The van der Waals surface area contributed by atoms with Gasteiger partial charge in [0.25, 0.3) is 5.91 Å². The van der Waals surface area contributed by atoms with Gasteiger partial charge in [-0.1, -0.05) is 66.2 Å². The maximum Gasteiger partial charge on any atom is 0.253 e. The number of nitrogens with one attached hydrogen (secondary N) is 1. The maximum absolute atomic E-state index is 12.8. The molecule has 0 saturated carbocycles. The van der Waals surface area contributed by atoms with Crippen LogP contribution in [-0.2, 0) is 34.5 Å². The van der Waals surface area contributed by atoms with Gasteiger partial charge in [0.05, 0.1) is 28.7 Å². The smallest absolute Gasteiger partial charge is 0.253 e. The Kier molecular flexibility index (Phi) is 8.04. The van der Waals surface area contributed by atoms with Gasteiger partial charge in [0, 0.05) is 20.6 Å². The van der Waals surface area contributed by atoms with Crippen molar-refractivity contribution in [2.45, 2.75) is 24.7 Å². The van der Waals surface area contributed by atoms with Gasteiger partial charge in [-0.25, -0.2) is 12.7 Å². The van der Waals surface area contributed by atoms with Crippen LogP contribution in [0.4, 0.5) is 0 Å². The third-order valence-corrected chi connectivity index (χ3v) is 7.03. The number of halogens is 1. The first kappa shape index (κ1) is 23.9. The highest BCUT2D eigenvalue weighted by molar-refractivity contribution is 7.89. The van der Waals surface area contributed by atoms with E-state index in [9.17, 15) is 13.2 Å². The van der Waals surface area contributed by atoms with Crippen molar-refractivity contribution >= 4 is 27.5 Å². The Bertz CT molecular complexity index is 1180. The van der Waals surface area contributed by atoms with E-state index in [0.29, 0.717) is 13.2 Å². The molecule has 0 unspecified atom stereocenters. The van der Waals surface area contributed by atoms with Crippen molar-refractivity contribution in [2.24, 2.45) is 0 Å². The van der Waals surface area contributed by atoms with Gasteiger partial charge in [0.15, 0.2) is 0 Å². The average molecular weight is 473 g/mol. The monoisotopic (exact) mass is 472 g/mol. The molecule has 3 aromatic carbocycles. The van der Waals surface area contributed by atoms with Gasteiger partial charge < -0.3 is 10.1 Å². The standard InChI is InChI=1S/C24H25ClN2O4S/c1-27(2)32(29,30)21-12-13-23(25)22(14-21)24(28)26-15-19-10-6-7-11-20(19)17-31-16-18-8-4-3-5-9-18/h3-14H,15-17H2,1-2H3,(H,26,28). The summed E-state index contributed by atoms with van der Waals surface area (Å²) < 4.78 is 31.7. The van der Waals surface area contributed by atoms with Gasteiger partial charge in [-0.05, 0) is 34.9 Å². The molecule has 0 radical (unpaired) electrons. The van der Waals surface area contributed by atoms with E-state index < -0.39 is 15.9 Å². The number of amides is 1. The Labute approximate surface area is 193 Å². The third-order valence-electron chi connectivity index (χ3n) is 4.89. The lowest BCUT2D eigenvalue weighted by atomic mass is 10.1. The summed E-state index contributed by atoms with van der Waals surface area (Å²) in [6, 6.07) is 21.6. The van der Waals surface area contributed by atoms with Crippen LogP contribution >= 0.6 is 11.6 Å². The molecule has 0 aliphatic rings. The fourth-order valence-corrected chi connectivity index (χ4v) is 4.18. The molecule has 0 saturated heterocycles. The molecule has 168 valence electrons. The molecule has 3 rings (SSSR count). The second-order valence-electron chi connectivity index (χ2n) is 7.36. The van der Waals surface area contributed by atoms with Gasteiger partial charge in [-0.15, -0.1) is 0 Å². The first-order chi connectivity index (χ1) is 15.3. The van der Waals surface area contributed by atoms with E-state index in [1.807, 2.05) is 54.6 Å². The van der Waals surface area contributed by atoms with Crippen molar-refractivity contribution in [3.05, 3.63) is 100 Å². The predicted molar refractivity (Wildman–Crippen MR) is 125 cm³/mol. The van der Waals surface area contributed by atoms with Crippen LogP contribution in [0.25, 0.3) is 0 Å². The van der Waals surface area contributed by atoms with Crippen molar-refractivity contribution in [3.8, 4) is 0 Å². The van der Waals surface area contributed by atoms with E-state index in [1.165, 1.54) is 32.3 Å². The lowest BCUT2D eigenvalue weighted by Crippen LogP contribution is -2.25. The summed E-state index contributed by atoms with van der Waals surface area (Å²) in [7, 11) is -0.816. The zero-order valence-corrected chi connectivity index (χ0v) is 19.5. The number of hydrogen-bond acceptors (Lipinski definition) is 4. The number of hydrogen-bond donors (Lipinski definition) is 1. The molecule has 0 fully saturated rings. The summed E-state index contributed by atoms with van der Waals surface area (Å²) in [4.78, 5) is 12.8. The molecule has 0 spiro atoms. The van der Waals surface area contributed by atoms with Gasteiger partial charge in [0.2, 0.25) is 10.0 Å². The zero-order chi connectivity index (χ0) is 23.1. The summed E-state index contributed by atoms with van der Waals surface area (Å²) in [5, 5.41) is 3.01. The second kappa shape index (κ2) is 10.7. The predicted octanol–water partition coefficient (Wildman–Crippen LogP) is 4.24. The van der Waals surface area contributed by atoms with Gasteiger partial charge in [0.1, 0.15) is 0 Å². The Morgan fingerprint density at radius 2 is 1.59 bits per heavy atom. The number of ether oxygens (including phenoxy) is 1. The largest absolute Gasteiger partial charge is 0.372 e. The van der Waals surface area contributed by atoms with Crippen molar-refractivity contribution < 1.29 is 17.9 Å². The maximum atomic E-state index is 12.8. The number of carbonyl (C=O) groups is 1. The van der Waals surface area contributed by atoms with Crippen LogP contribution in [0.15, 0.2) is 77.7 Å². The fourth-order valence-electron chi connectivity index (χ4n) is 3.04. The number of benzene rings is 3. The van der Waals surface area contributed by atoms with Crippen molar-refractivity contribution in [1.82, 2.24) is 9.62 Å². The van der Waals surface area contributed by atoms with Crippen LogP contribution in [-0.4, -0.2) is 32.7 Å². The molecule has 0 aromatic heterocycles. The summed E-state index contributed by atoms with van der Waals surface area (Å²) in [5.74, 6) is -0.453. The lowest BCUT2D eigenvalue weighted by Gasteiger charge is -2.14. The Morgan fingerprint density at radius 1 is 0.938 bits per heavy atom. The van der Waals surface area contributed by atoms with Gasteiger partial charge in [-0.3, -0.25) is 4.79 Å². The quantitative estimate of drug-likeness (QED) is 0.505. The summed E-state index contributed by atoms with van der Waals surface area (Å²) in [5.41, 5.74) is 3.05. The lowest BCUT2D eigenvalue weighted by molar-refractivity contribution is 0.0947. The molecule has 0 aliphatic carbocycles. The molecule has 0 heterocycles. The van der Waals surface area contributed by atoms with Crippen molar-refractivity contribution in [2.75, 3.05) is 14.1 Å². The molecule has 6 nitrogen and oxygen atoms in total. The van der Waals surface area contributed by atoms with E-state index in [-0.39, 0.29) is 22.0 Å². The number of carbonyl (C=O) groups excluding carboxylic acids is 1. The van der Waals surface area contributed by atoms with E-state index in [0.717, 1.165) is 21.0 Å². The Hall–Kier alpha value is -2.71. The van der Waals surface area contributed by atoms with Crippen LogP contribution < -0.4 is 5.32 Å². The highest BCUT2D eigenvalue weighted by Gasteiger charge is 2.20. The van der Waals surface area contributed by atoms with Crippen LogP contribution in [0, 0.1) is 0 Å². The minimum Gasteiger partial charge on any atom is -0.372 e. The SMILES string of the molecule is CN(C)S(=O)(=O)c1ccc(Cl)c(C(=O)NCc2ccccc2COCc2ccccc2)c1. The molecular weight excluding hydrogens is 448 g/mol. The number of sulfonamides is 1. The van der Waals surface area contributed by atoms with Gasteiger partial charge >= 0.3 is 0 Å². The molecule has 32 heavy (non-hydrogen) atoms. The number of rotatable bonds is 9. The molecule has 0 aliphatic heterocycles. The molecule has 0 atom stereocenters. The van der Waals surface area contributed by atoms with Crippen LogP contribution in [0.3, 0.4) is 0 Å². The van der Waals surface area contributed by atoms with E-state index in [1.54, 1.807) is 0 Å². The van der Waals surface area contributed by atoms with Crippen LogP contribution in [0.5, 0.6) is 0 Å². The van der Waals surface area contributed by atoms with E-state index in [4.69, 9.17) is 16.3 Å². The van der Waals surface area contributed by atoms with Crippen molar-refractivity contribution in [1.29, 1.82) is 0 Å². The summed E-state index contributed by atoms with van der Waals surface area (Å²) >= 11 is 6.17. The van der Waals surface area contributed by atoms with Crippen LogP contribution in [0.2, 0.25) is 5.02 Å². The second-order valence-corrected chi connectivity index (χ2v) is 9.92. The first-order valence-corrected chi connectivity index (χ1v) is 11.8. The Balaban J connectivity index is 1.68. The highest BCUT2D eigenvalue weighted by atomic mass is 35.5. The van der Waals surface area contributed by atoms with E-state index >= 15 is 0 Å². The normalized spacial score (nSPS) is 11.5. The fraction of sp³-hybridized carbons (Fsp3) is 0.208. The first-order valence-electron chi connectivity index (χ1n) is 9.98. The van der Waals surface area contributed by atoms with Crippen LogP contribution in [0.1, 0.15) is 27.0 Å². The molecule has 3 aromatic rings. The highest BCUT2D eigenvalue weighted by Crippen LogP contribution is 2.22. The molecular formula is C24H25ClN2O4S.